The average molecular weight is 255 g/mol. The summed E-state index contributed by atoms with van der Waals surface area (Å²) in [6.07, 6.45) is 2.31. The zero-order chi connectivity index (χ0) is 13.7. The van der Waals surface area contributed by atoms with Crippen molar-refractivity contribution < 1.29 is 4.74 Å². The topological polar surface area (TPSA) is 35.2 Å². The van der Waals surface area contributed by atoms with Gasteiger partial charge in [-0.05, 0) is 48.7 Å². The molecule has 2 aromatic carbocycles. The third kappa shape index (κ3) is 3.75. The number of ether oxygens (including phenoxy) is 1. The minimum atomic E-state index is 0.0256. The molecule has 0 heterocycles. The molecule has 2 aromatic rings. The van der Waals surface area contributed by atoms with Crippen LogP contribution in [0.1, 0.15) is 37.5 Å². The molecule has 0 fully saturated rings. The van der Waals surface area contributed by atoms with Crippen molar-refractivity contribution in [3.63, 3.8) is 0 Å². The van der Waals surface area contributed by atoms with E-state index in [1.54, 1.807) is 0 Å². The zero-order valence-electron chi connectivity index (χ0n) is 11.6. The second-order valence-electron chi connectivity index (χ2n) is 4.82. The van der Waals surface area contributed by atoms with Crippen LogP contribution in [0.15, 0.2) is 48.5 Å². The summed E-state index contributed by atoms with van der Waals surface area (Å²) in [6, 6.07) is 16.2. The smallest absolute Gasteiger partial charge is 0.121 e. The Morgan fingerprint density at radius 3 is 2.21 bits per heavy atom. The summed E-state index contributed by atoms with van der Waals surface area (Å²) in [4.78, 5) is 0. The molecule has 2 nitrogen and oxygen atoms in total. The summed E-state index contributed by atoms with van der Waals surface area (Å²) < 4.78 is 5.93. The lowest BCUT2D eigenvalue weighted by molar-refractivity contribution is 0.227. The minimum absolute atomic E-state index is 0.0256. The molecule has 100 valence electrons. The lowest BCUT2D eigenvalue weighted by atomic mass is 10.1. The van der Waals surface area contributed by atoms with Crippen LogP contribution in [-0.2, 0) is 6.42 Å². The highest BCUT2D eigenvalue weighted by atomic mass is 16.5. The molecule has 0 aromatic heterocycles. The molecule has 0 amide bonds. The fourth-order valence-electron chi connectivity index (χ4n) is 2.06. The van der Waals surface area contributed by atoms with Crippen LogP contribution >= 0.6 is 0 Å². The fraction of sp³-hybridized carbons (Fsp3) is 0.294. The molecule has 1 unspecified atom stereocenters. The van der Waals surface area contributed by atoms with Crippen molar-refractivity contribution in [2.75, 3.05) is 5.73 Å². The van der Waals surface area contributed by atoms with Crippen LogP contribution in [0.5, 0.6) is 5.75 Å². The zero-order valence-corrected chi connectivity index (χ0v) is 11.6. The Bertz CT molecular complexity index is 502. The predicted octanol–water partition coefficient (Wildman–Crippen LogP) is 4.36. The Balaban J connectivity index is 2.01. The van der Waals surface area contributed by atoms with E-state index in [-0.39, 0.29) is 6.10 Å². The van der Waals surface area contributed by atoms with Crippen molar-refractivity contribution >= 4 is 5.69 Å². The van der Waals surface area contributed by atoms with E-state index in [4.69, 9.17) is 10.5 Å². The van der Waals surface area contributed by atoms with Crippen LogP contribution < -0.4 is 10.5 Å². The van der Waals surface area contributed by atoms with Crippen molar-refractivity contribution in [3.8, 4) is 5.75 Å². The molecular formula is C17H21NO. The molecule has 19 heavy (non-hydrogen) atoms. The maximum absolute atomic E-state index is 5.93. The van der Waals surface area contributed by atoms with Gasteiger partial charge in [0.2, 0.25) is 0 Å². The van der Waals surface area contributed by atoms with Gasteiger partial charge in [-0.2, -0.15) is 0 Å². The second-order valence-corrected chi connectivity index (χ2v) is 4.82. The molecule has 0 saturated heterocycles. The van der Waals surface area contributed by atoms with Gasteiger partial charge in [0.05, 0.1) is 0 Å². The number of nitrogens with two attached hydrogens (primary N) is 1. The number of nitrogen functional groups attached to an aromatic ring is 1. The lowest BCUT2D eigenvalue weighted by Gasteiger charge is -2.15. The number of rotatable bonds is 5. The number of hydrogen-bond donors (Lipinski definition) is 1. The van der Waals surface area contributed by atoms with Gasteiger partial charge in [0.25, 0.3) is 0 Å². The Hall–Kier alpha value is -1.96. The number of aryl methyl sites for hydroxylation is 1. The molecule has 0 aliphatic heterocycles. The maximum Gasteiger partial charge on any atom is 0.121 e. The molecule has 0 aliphatic carbocycles. The summed E-state index contributed by atoms with van der Waals surface area (Å²) in [7, 11) is 0. The van der Waals surface area contributed by atoms with Crippen molar-refractivity contribution in [3.05, 3.63) is 59.7 Å². The minimum Gasteiger partial charge on any atom is -0.486 e. The number of hydrogen-bond acceptors (Lipinski definition) is 2. The first-order valence-electron chi connectivity index (χ1n) is 6.80. The molecule has 0 radical (unpaired) electrons. The van der Waals surface area contributed by atoms with E-state index >= 15 is 0 Å². The Morgan fingerprint density at radius 2 is 1.63 bits per heavy atom. The molecule has 2 N–H and O–H groups in total. The summed E-state index contributed by atoms with van der Waals surface area (Å²) in [6.45, 7) is 4.24. The Labute approximate surface area is 115 Å². The average Bonchev–Trinajstić information content (AvgIpc) is 2.42. The fourth-order valence-corrected chi connectivity index (χ4v) is 2.06. The van der Waals surface area contributed by atoms with Gasteiger partial charge in [0.15, 0.2) is 0 Å². The maximum atomic E-state index is 5.93. The normalized spacial score (nSPS) is 12.1. The Morgan fingerprint density at radius 1 is 1.00 bits per heavy atom. The molecule has 2 rings (SSSR count). The first-order valence-corrected chi connectivity index (χ1v) is 6.80. The van der Waals surface area contributed by atoms with Gasteiger partial charge in [0, 0.05) is 5.69 Å². The quantitative estimate of drug-likeness (QED) is 0.806. The lowest BCUT2D eigenvalue weighted by Crippen LogP contribution is -2.03. The van der Waals surface area contributed by atoms with E-state index in [1.807, 2.05) is 43.3 Å². The van der Waals surface area contributed by atoms with E-state index < -0.39 is 0 Å². The summed E-state index contributed by atoms with van der Waals surface area (Å²) in [5.74, 6) is 0.907. The third-order valence-electron chi connectivity index (χ3n) is 3.18. The van der Waals surface area contributed by atoms with E-state index in [0.29, 0.717) is 0 Å². The van der Waals surface area contributed by atoms with Gasteiger partial charge in [-0.15, -0.1) is 0 Å². The van der Waals surface area contributed by atoms with E-state index in [1.165, 1.54) is 12.0 Å². The van der Waals surface area contributed by atoms with Crippen molar-refractivity contribution in [1.29, 1.82) is 0 Å². The van der Waals surface area contributed by atoms with Gasteiger partial charge in [-0.25, -0.2) is 0 Å². The highest BCUT2D eigenvalue weighted by molar-refractivity contribution is 5.40. The summed E-state index contributed by atoms with van der Waals surface area (Å²) in [5, 5.41) is 0. The first kappa shape index (κ1) is 13.5. The number of benzene rings is 2. The standard InChI is InChI=1S/C17H21NO/c1-3-4-14-5-11-17(12-6-14)19-13(2)15-7-9-16(18)10-8-15/h5-13H,3-4,18H2,1-2H3. The SMILES string of the molecule is CCCc1ccc(OC(C)c2ccc(N)cc2)cc1. The largest absolute Gasteiger partial charge is 0.486 e. The molecule has 0 bridgehead atoms. The van der Waals surface area contributed by atoms with E-state index in [2.05, 4.69) is 19.1 Å². The molecule has 0 saturated carbocycles. The predicted molar refractivity (Wildman–Crippen MR) is 80.3 cm³/mol. The van der Waals surface area contributed by atoms with Crippen molar-refractivity contribution in [2.24, 2.45) is 0 Å². The van der Waals surface area contributed by atoms with Crippen molar-refractivity contribution in [1.82, 2.24) is 0 Å². The number of anilines is 1. The van der Waals surface area contributed by atoms with Crippen molar-refractivity contribution in [2.45, 2.75) is 32.8 Å². The van der Waals surface area contributed by atoms with Gasteiger partial charge in [0.1, 0.15) is 11.9 Å². The molecule has 0 aliphatic rings. The van der Waals surface area contributed by atoms with Gasteiger partial charge in [-0.3, -0.25) is 0 Å². The molecule has 1 atom stereocenters. The second kappa shape index (κ2) is 6.28. The van der Waals surface area contributed by atoms with Crippen LogP contribution in [0, 0.1) is 0 Å². The van der Waals surface area contributed by atoms with E-state index in [9.17, 15) is 0 Å². The molecule has 0 spiro atoms. The van der Waals surface area contributed by atoms with E-state index in [0.717, 1.165) is 23.4 Å². The van der Waals surface area contributed by atoms with Gasteiger partial charge in [-0.1, -0.05) is 37.6 Å². The Kier molecular flexibility index (Phi) is 4.45. The highest BCUT2D eigenvalue weighted by Gasteiger charge is 2.06. The van der Waals surface area contributed by atoms with Crippen LogP contribution in [-0.4, -0.2) is 0 Å². The monoisotopic (exact) mass is 255 g/mol. The molecular weight excluding hydrogens is 234 g/mol. The third-order valence-corrected chi connectivity index (χ3v) is 3.18. The van der Waals surface area contributed by atoms with Crippen LogP contribution in [0.4, 0.5) is 5.69 Å². The van der Waals surface area contributed by atoms with Crippen LogP contribution in [0.2, 0.25) is 0 Å². The van der Waals surface area contributed by atoms with Crippen LogP contribution in [0.25, 0.3) is 0 Å². The highest BCUT2D eigenvalue weighted by Crippen LogP contribution is 2.22. The van der Waals surface area contributed by atoms with Gasteiger partial charge >= 0.3 is 0 Å². The molecule has 2 heteroatoms. The first-order chi connectivity index (χ1) is 9.19. The summed E-state index contributed by atoms with van der Waals surface area (Å²) in [5.41, 5.74) is 8.95. The van der Waals surface area contributed by atoms with Crippen LogP contribution in [0.3, 0.4) is 0 Å². The van der Waals surface area contributed by atoms with Gasteiger partial charge < -0.3 is 10.5 Å². The summed E-state index contributed by atoms with van der Waals surface area (Å²) >= 11 is 0.